The lowest BCUT2D eigenvalue weighted by Gasteiger charge is -2.06. The zero-order chi connectivity index (χ0) is 14.0. The average Bonchev–Trinajstić information content (AvgIpc) is 2.75. The maximum Gasteiger partial charge on any atom is 0.360 e. The molecule has 0 amide bonds. The molecule has 0 saturated heterocycles. The summed E-state index contributed by atoms with van der Waals surface area (Å²) in [6.45, 7) is 3.87. The van der Waals surface area contributed by atoms with Crippen LogP contribution < -0.4 is 5.73 Å². The van der Waals surface area contributed by atoms with Crippen molar-refractivity contribution in [2.24, 2.45) is 0 Å². The van der Waals surface area contributed by atoms with E-state index in [-0.39, 0.29) is 18.1 Å². The van der Waals surface area contributed by atoms with Crippen molar-refractivity contribution in [1.82, 2.24) is 14.5 Å². The molecule has 6 nitrogen and oxygen atoms in total. The van der Waals surface area contributed by atoms with Crippen LogP contribution in [0.3, 0.4) is 0 Å². The molecule has 0 saturated carbocycles. The second-order valence-corrected chi connectivity index (χ2v) is 4.66. The Morgan fingerprint density at radius 3 is 2.89 bits per heavy atom. The third kappa shape index (κ3) is 2.60. The standard InChI is InChI=1S/C12H13BrN4O2/c1-3-19-12(18)10-11(14)17(6-15-10)9-5-4-8(13)7(2)16-9/h4-6H,3,14H2,1-2H3. The number of rotatable bonds is 3. The summed E-state index contributed by atoms with van der Waals surface area (Å²) in [4.78, 5) is 20.0. The zero-order valence-electron chi connectivity index (χ0n) is 10.6. The summed E-state index contributed by atoms with van der Waals surface area (Å²) in [5.41, 5.74) is 6.83. The fourth-order valence-corrected chi connectivity index (χ4v) is 1.78. The van der Waals surface area contributed by atoms with Gasteiger partial charge in [-0.05, 0) is 41.9 Å². The summed E-state index contributed by atoms with van der Waals surface area (Å²) in [6.07, 6.45) is 1.46. The van der Waals surface area contributed by atoms with Crippen molar-refractivity contribution in [3.8, 4) is 5.82 Å². The molecule has 0 fully saturated rings. The van der Waals surface area contributed by atoms with Gasteiger partial charge in [0.1, 0.15) is 18.0 Å². The second kappa shape index (κ2) is 5.40. The molecule has 0 aliphatic rings. The third-order valence-corrected chi connectivity index (χ3v) is 3.36. The summed E-state index contributed by atoms with van der Waals surface area (Å²) < 4.78 is 7.33. The van der Waals surface area contributed by atoms with Crippen LogP contribution in [0.4, 0.5) is 5.82 Å². The summed E-state index contributed by atoms with van der Waals surface area (Å²) in [5.74, 6) is 0.279. The number of halogens is 1. The van der Waals surface area contributed by atoms with Crippen molar-refractivity contribution >= 4 is 27.7 Å². The highest BCUT2D eigenvalue weighted by atomic mass is 79.9. The topological polar surface area (TPSA) is 83.0 Å². The van der Waals surface area contributed by atoms with Crippen LogP contribution in [0.2, 0.25) is 0 Å². The van der Waals surface area contributed by atoms with E-state index in [1.165, 1.54) is 6.33 Å². The summed E-state index contributed by atoms with van der Waals surface area (Å²) in [5, 5.41) is 0. The van der Waals surface area contributed by atoms with Crippen molar-refractivity contribution in [2.45, 2.75) is 13.8 Å². The van der Waals surface area contributed by atoms with E-state index >= 15 is 0 Å². The Kier molecular flexibility index (Phi) is 3.84. The molecule has 0 atom stereocenters. The number of carbonyl (C=O) groups is 1. The molecule has 0 bridgehead atoms. The van der Waals surface area contributed by atoms with E-state index in [0.717, 1.165) is 10.2 Å². The van der Waals surface area contributed by atoms with Gasteiger partial charge >= 0.3 is 5.97 Å². The SMILES string of the molecule is CCOC(=O)c1ncn(-c2ccc(Br)c(C)n2)c1N. The molecule has 19 heavy (non-hydrogen) atoms. The van der Waals surface area contributed by atoms with Crippen LogP contribution in [-0.4, -0.2) is 27.1 Å². The van der Waals surface area contributed by atoms with E-state index in [2.05, 4.69) is 25.9 Å². The number of anilines is 1. The normalized spacial score (nSPS) is 10.5. The first-order valence-corrected chi connectivity index (χ1v) is 6.47. The van der Waals surface area contributed by atoms with Crippen LogP contribution >= 0.6 is 15.9 Å². The van der Waals surface area contributed by atoms with Crippen molar-refractivity contribution in [3.63, 3.8) is 0 Å². The first-order valence-electron chi connectivity index (χ1n) is 5.68. The minimum absolute atomic E-state index is 0.101. The monoisotopic (exact) mass is 324 g/mol. The first kappa shape index (κ1) is 13.5. The summed E-state index contributed by atoms with van der Waals surface area (Å²) in [7, 11) is 0. The minimum atomic E-state index is -0.535. The number of carbonyl (C=O) groups excluding carboxylic acids is 1. The molecule has 2 heterocycles. The number of esters is 1. The molecule has 0 aromatic carbocycles. The number of aryl methyl sites for hydroxylation is 1. The van der Waals surface area contributed by atoms with Gasteiger partial charge in [-0.15, -0.1) is 0 Å². The van der Waals surface area contributed by atoms with Crippen LogP contribution in [-0.2, 0) is 4.74 Å². The predicted molar refractivity (Wildman–Crippen MR) is 74.2 cm³/mol. The van der Waals surface area contributed by atoms with Gasteiger partial charge in [-0.3, -0.25) is 4.57 Å². The molecule has 2 N–H and O–H groups in total. The number of nitrogen functional groups attached to an aromatic ring is 1. The van der Waals surface area contributed by atoms with Crippen molar-refractivity contribution in [2.75, 3.05) is 12.3 Å². The van der Waals surface area contributed by atoms with E-state index in [0.29, 0.717) is 5.82 Å². The summed E-state index contributed by atoms with van der Waals surface area (Å²) >= 11 is 3.38. The molecular weight excluding hydrogens is 312 g/mol. The van der Waals surface area contributed by atoms with E-state index in [1.807, 2.05) is 13.0 Å². The maximum atomic E-state index is 11.6. The zero-order valence-corrected chi connectivity index (χ0v) is 12.1. The first-order chi connectivity index (χ1) is 9.04. The Morgan fingerprint density at radius 1 is 1.53 bits per heavy atom. The second-order valence-electron chi connectivity index (χ2n) is 3.81. The predicted octanol–water partition coefficient (Wildman–Crippen LogP) is 2.10. The molecule has 0 radical (unpaired) electrons. The van der Waals surface area contributed by atoms with E-state index in [9.17, 15) is 4.79 Å². The Labute approximate surface area is 118 Å². The van der Waals surface area contributed by atoms with Gasteiger partial charge < -0.3 is 10.5 Å². The van der Waals surface area contributed by atoms with Gasteiger partial charge in [0.05, 0.1) is 12.3 Å². The smallest absolute Gasteiger partial charge is 0.360 e. The molecule has 2 aromatic rings. The average molecular weight is 325 g/mol. The molecule has 0 aliphatic heterocycles. The van der Waals surface area contributed by atoms with Gasteiger partial charge in [0, 0.05) is 4.47 Å². The number of nitrogens with zero attached hydrogens (tertiary/aromatic N) is 3. The minimum Gasteiger partial charge on any atom is -0.461 e. The highest BCUT2D eigenvalue weighted by molar-refractivity contribution is 9.10. The number of imidazole rings is 1. The van der Waals surface area contributed by atoms with Crippen molar-refractivity contribution in [3.05, 3.63) is 34.3 Å². The molecule has 7 heteroatoms. The van der Waals surface area contributed by atoms with E-state index in [1.54, 1.807) is 17.6 Å². The molecule has 0 aliphatic carbocycles. The van der Waals surface area contributed by atoms with Crippen LogP contribution in [0, 0.1) is 6.92 Å². The number of pyridine rings is 1. The maximum absolute atomic E-state index is 11.6. The lowest BCUT2D eigenvalue weighted by molar-refractivity contribution is 0.0521. The molecular formula is C12H13BrN4O2. The van der Waals surface area contributed by atoms with Gasteiger partial charge in [0.2, 0.25) is 0 Å². The van der Waals surface area contributed by atoms with Crippen molar-refractivity contribution in [1.29, 1.82) is 0 Å². The number of hydrogen-bond donors (Lipinski definition) is 1. The summed E-state index contributed by atoms with van der Waals surface area (Å²) in [6, 6.07) is 3.64. The highest BCUT2D eigenvalue weighted by Crippen LogP contribution is 2.20. The van der Waals surface area contributed by atoms with Gasteiger partial charge in [-0.1, -0.05) is 0 Å². The number of aromatic nitrogens is 3. The Hall–Kier alpha value is -1.89. The molecule has 2 rings (SSSR count). The molecule has 0 spiro atoms. The lowest BCUT2D eigenvalue weighted by Crippen LogP contribution is -2.10. The highest BCUT2D eigenvalue weighted by Gasteiger charge is 2.18. The molecule has 100 valence electrons. The van der Waals surface area contributed by atoms with Gasteiger partial charge in [-0.2, -0.15) is 0 Å². The Morgan fingerprint density at radius 2 is 2.26 bits per heavy atom. The Bertz CT molecular complexity index is 624. The molecule has 2 aromatic heterocycles. The fraction of sp³-hybridized carbons (Fsp3) is 0.250. The largest absolute Gasteiger partial charge is 0.461 e. The molecule has 0 unspecified atom stereocenters. The van der Waals surface area contributed by atoms with E-state index < -0.39 is 5.97 Å². The lowest BCUT2D eigenvalue weighted by atomic mass is 10.3. The third-order valence-electron chi connectivity index (χ3n) is 2.53. The fourth-order valence-electron chi connectivity index (χ4n) is 1.56. The van der Waals surface area contributed by atoms with E-state index in [4.69, 9.17) is 10.5 Å². The number of nitrogens with two attached hydrogens (primary N) is 1. The van der Waals surface area contributed by atoms with Gasteiger partial charge in [-0.25, -0.2) is 14.8 Å². The number of hydrogen-bond acceptors (Lipinski definition) is 5. The Balaban J connectivity index is 2.41. The van der Waals surface area contributed by atoms with Crippen LogP contribution in [0.25, 0.3) is 5.82 Å². The van der Waals surface area contributed by atoms with Crippen LogP contribution in [0.5, 0.6) is 0 Å². The van der Waals surface area contributed by atoms with Crippen LogP contribution in [0.15, 0.2) is 22.9 Å². The number of ether oxygens (including phenoxy) is 1. The van der Waals surface area contributed by atoms with Crippen molar-refractivity contribution < 1.29 is 9.53 Å². The van der Waals surface area contributed by atoms with Crippen LogP contribution in [0.1, 0.15) is 23.1 Å². The van der Waals surface area contributed by atoms with Gasteiger partial charge in [0.25, 0.3) is 0 Å². The quantitative estimate of drug-likeness (QED) is 0.874. The van der Waals surface area contributed by atoms with Gasteiger partial charge in [0.15, 0.2) is 5.69 Å².